The summed E-state index contributed by atoms with van der Waals surface area (Å²) >= 11 is 0. The van der Waals surface area contributed by atoms with E-state index in [0.717, 1.165) is 175 Å². The van der Waals surface area contributed by atoms with Crippen molar-refractivity contribution in [1.82, 2.24) is 52.2 Å². The van der Waals surface area contributed by atoms with Crippen LogP contribution in [0.1, 0.15) is 289 Å². The number of rotatable bonds is 17. The van der Waals surface area contributed by atoms with Gasteiger partial charge in [-0.25, -0.2) is 19.1 Å². The minimum Gasteiger partial charge on any atom is -0.478 e. The third kappa shape index (κ3) is 21.1. The van der Waals surface area contributed by atoms with Crippen molar-refractivity contribution in [2.75, 3.05) is 80.5 Å². The number of carbonyl (C=O) groups is 8. The maximum Gasteiger partial charge on any atom is 0.335 e. The first-order valence-electron chi connectivity index (χ1n) is 54.7. The molecule has 7 fully saturated rings. The van der Waals surface area contributed by atoms with E-state index in [1.807, 2.05) is 78.5 Å². The normalized spacial score (nSPS) is 20.4. The Morgan fingerprint density at radius 3 is 0.932 bits per heavy atom. The van der Waals surface area contributed by atoms with E-state index in [2.05, 4.69) is 117 Å². The van der Waals surface area contributed by atoms with Crippen LogP contribution in [0.3, 0.4) is 0 Å². The molecule has 0 radical (unpaired) electrons. The van der Waals surface area contributed by atoms with E-state index in [-0.39, 0.29) is 58.4 Å². The molecule has 23 rings (SSSR count). The van der Waals surface area contributed by atoms with Gasteiger partial charge in [0.25, 0.3) is 5.91 Å². The van der Waals surface area contributed by atoms with Crippen LogP contribution in [-0.4, -0.2) is 205 Å². The number of hydrogen-bond donors (Lipinski definition) is 6. The van der Waals surface area contributed by atoms with Gasteiger partial charge in [-0.05, 0) is 259 Å². The minimum atomic E-state index is -3.94. The number of piperidine rings is 3. The highest BCUT2D eigenvalue weighted by molar-refractivity contribution is 7.87. The molecule has 5 atom stereocenters. The predicted octanol–water partition coefficient (Wildman–Crippen LogP) is 21.4. The Balaban J connectivity index is 0.000000119. The van der Waals surface area contributed by atoms with Crippen molar-refractivity contribution in [3.8, 4) is 45.0 Å². The maximum atomic E-state index is 13.8. The number of aromatic carboxylic acids is 3. The molecule has 5 amide bonds. The van der Waals surface area contributed by atoms with Gasteiger partial charge in [-0.15, -0.1) is 0 Å². The van der Waals surface area contributed by atoms with Gasteiger partial charge in [0.2, 0.25) is 23.6 Å². The smallest absolute Gasteiger partial charge is 0.335 e. The molecule has 4 saturated carbocycles. The monoisotopic (exact) mass is 2010 g/mol. The molecule has 25 nitrogen and oxygen atoms in total. The number of fused-ring (bicyclic) bond motifs is 20. The number of hydrogen-bond acceptors (Lipinski definition) is 12. The lowest BCUT2D eigenvalue weighted by atomic mass is 9.81. The molecule has 11 heterocycles. The van der Waals surface area contributed by atoms with Crippen LogP contribution < -0.4 is 10.0 Å². The second-order valence-corrected chi connectivity index (χ2v) is 46.0. The Labute approximate surface area is 862 Å². The van der Waals surface area contributed by atoms with Gasteiger partial charge in [0, 0.05) is 164 Å². The summed E-state index contributed by atoms with van der Waals surface area (Å²) in [5.41, 5.74) is 24.5. The molecule has 6 N–H and O–H groups in total. The van der Waals surface area contributed by atoms with E-state index in [0.29, 0.717) is 93.5 Å². The van der Waals surface area contributed by atoms with Crippen molar-refractivity contribution in [2.45, 2.75) is 261 Å². The van der Waals surface area contributed by atoms with Crippen molar-refractivity contribution >= 4 is 101 Å². The van der Waals surface area contributed by atoms with Crippen LogP contribution in [0.15, 0.2) is 170 Å². The lowest BCUT2D eigenvalue weighted by molar-refractivity contribution is -0.139. The molecular formula is C121H143N11O14S. The number of likely N-dealkylation sites (tertiary alicyclic amines) is 3. The summed E-state index contributed by atoms with van der Waals surface area (Å²) in [5, 5.41) is 47.1. The quantitative estimate of drug-likeness (QED) is 0.0494. The summed E-state index contributed by atoms with van der Waals surface area (Å²) in [7, 11) is 2.78. The number of carboxylic acid groups (broad SMARTS) is 3. The van der Waals surface area contributed by atoms with Gasteiger partial charge in [0.1, 0.15) is 0 Å². The SMILES string of the molecule is CN(C)CCNC(=O)C1Cc2ccccc2-c2c(C3CCCCC3)c3ccc(C(=O)NS(=O)(=O)N(C)C)cc3n2C1.O=C(O)c1ccc2c(C3CCCCC3)c3n(c2c1)CC(C(=O)N1CCCC(O)C1)Cc1ccccc1-3.O=C(O)c1ccc2c(C3CCCCC3)c3n(c2c1)CC(C(=O)N1CCCCC1)Cc1ccccc1-3.O=C(O)c1ccc2c(C3CCCCC3)c3n(c2c1)CC(C(=O)N1CCCCC1)Cc1ccccc1-3. The highest BCUT2D eigenvalue weighted by atomic mass is 32.2. The third-order valence-corrected chi connectivity index (χ3v) is 35.5. The molecule has 4 aliphatic carbocycles. The van der Waals surface area contributed by atoms with Gasteiger partial charge in [0.05, 0.1) is 69.2 Å². The Morgan fingerprint density at radius 2 is 0.619 bits per heavy atom. The number of carbonyl (C=O) groups excluding carboxylic acids is 5. The fourth-order valence-corrected chi connectivity index (χ4v) is 27.3. The number of aliphatic hydroxyl groups is 1. The van der Waals surface area contributed by atoms with Gasteiger partial charge in [-0.3, -0.25) is 24.0 Å². The molecule has 7 aliphatic heterocycles. The first kappa shape index (κ1) is 102. The third-order valence-electron chi connectivity index (χ3n) is 34.1. The summed E-state index contributed by atoms with van der Waals surface area (Å²) in [4.78, 5) is 112. The molecule has 12 aromatic rings. The molecule has 26 heteroatoms. The fourth-order valence-electron chi connectivity index (χ4n) is 26.7. The van der Waals surface area contributed by atoms with Crippen LogP contribution in [-0.2, 0) is 81.2 Å². The first-order valence-corrected chi connectivity index (χ1v) is 56.1. The molecule has 0 bridgehead atoms. The Kier molecular flexibility index (Phi) is 30.8. The zero-order valence-corrected chi connectivity index (χ0v) is 86.6. The zero-order valence-electron chi connectivity index (χ0n) is 85.8. The summed E-state index contributed by atoms with van der Waals surface area (Å²) in [6.45, 7) is 8.02. The molecule has 8 aromatic carbocycles. The van der Waals surface area contributed by atoms with E-state index < -0.39 is 40.1 Å². The fraction of sp³-hybridized carbons (Fsp3) is 0.471. The van der Waals surface area contributed by atoms with E-state index in [1.54, 1.807) is 36.4 Å². The topological polar surface area (TPSA) is 312 Å². The highest BCUT2D eigenvalue weighted by Gasteiger charge is 2.42. The number of likely N-dealkylation sites (N-methyl/N-ethyl adjacent to an activating group) is 1. The van der Waals surface area contributed by atoms with Crippen LogP contribution in [0, 0.1) is 23.7 Å². The number of nitrogens with zero attached hydrogens (tertiary/aromatic N) is 9. The lowest BCUT2D eigenvalue weighted by Crippen LogP contribution is -2.46. The van der Waals surface area contributed by atoms with E-state index in [4.69, 9.17) is 0 Å². The van der Waals surface area contributed by atoms with Crippen LogP contribution in [0.5, 0.6) is 0 Å². The summed E-state index contributed by atoms with van der Waals surface area (Å²) < 4.78 is 37.0. The van der Waals surface area contributed by atoms with Gasteiger partial charge >= 0.3 is 28.1 Å². The Morgan fingerprint density at radius 1 is 0.333 bits per heavy atom. The van der Waals surface area contributed by atoms with E-state index in [1.165, 1.54) is 202 Å². The molecule has 772 valence electrons. The zero-order chi connectivity index (χ0) is 102. The maximum absolute atomic E-state index is 13.8. The first-order chi connectivity index (χ1) is 71.3. The number of aliphatic hydroxyl groups excluding tert-OH is 1. The van der Waals surface area contributed by atoms with Crippen molar-refractivity contribution in [3.05, 3.63) is 237 Å². The largest absolute Gasteiger partial charge is 0.478 e. The van der Waals surface area contributed by atoms with Crippen LogP contribution in [0.4, 0.5) is 0 Å². The van der Waals surface area contributed by atoms with Crippen molar-refractivity contribution in [2.24, 2.45) is 23.7 Å². The number of benzene rings is 8. The van der Waals surface area contributed by atoms with Crippen molar-refractivity contribution in [3.63, 3.8) is 0 Å². The van der Waals surface area contributed by atoms with Gasteiger partial charge in [-0.2, -0.15) is 12.7 Å². The average Bonchev–Trinajstić information content (AvgIpc) is 1.59. The average molecular weight is 2010 g/mol. The number of nitrogens with one attached hydrogen (secondary N) is 2. The number of carboxylic acids is 3. The number of β-amino-alcohol motifs (C(OH)–C–C–N with tert-alkyl or cyclic N) is 1. The minimum absolute atomic E-state index is 0.0153. The Bertz CT molecular complexity index is 6900. The summed E-state index contributed by atoms with van der Waals surface area (Å²) in [5.74, 6) is -1.88. The molecule has 147 heavy (non-hydrogen) atoms. The number of aromatic nitrogens is 4. The van der Waals surface area contributed by atoms with Gasteiger partial charge < -0.3 is 63.6 Å². The van der Waals surface area contributed by atoms with Crippen LogP contribution in [0.25, 0.3) is 88.6 Å². The van der Waals surface area contributed by atoms with Crippen LogP contribution in [0.2, 0.25) is 0 Å². The molecule has 0 spiro atoms. The molecular weight excluding hydrogens is 1860 g/mol. The van der Waals surface area contributed by atoms with Gasteiger partial charge in [0.15, 0.2) is 0 Å². The van der Waals surface area contributed by atoms with Crippen molar-refractivity contribution in [1.29, 1.82) is 0 Å². The van der Waals surface area contributed by atoms with Gasteiger partial charge in [-0.1, -0.05) is 198 Å². The standard InChI is InChI=1S/C31H41N5O4S.C30H34N2O4.2C30H34N2O3/c1-34(2)17-16-32-30(37)24-18-22-12-8-9-13-25(22)29-28(21-10-6-5-7-11-21)26-15-14-23(19-27(26)36(29)20-24)31(38)33-41(39,40)35(3)4;33-23-10-6-14-31(18-23)29(34)22-15-20-9-4-5-11-24(20)28-27(19-7-2-1-3-8-19)25-13-12-21(30(35)36)16-26(25)32(28)17-22;2*33-29(31-15-7-2-8-16-31)23-17-21-11-5-6-12-24(21)28-27(20-9-3-1-4-10-20)25-14-13-22(30(34)35)18-26(25)32(28)19-23/h8-9,12-15,19,21,24H,5-7,10-11,16-18,20H2,1-4H3,(H,32,37)(H,33,38);4-5,9,11-13,16,19,22-23,33H,1-3,6-8,10,14-15,17-18H2,(H,35,36);2*5-6,11-14,18,20,23H,1-4,7-10,15-17,19H2,(H,34,35). The second-order valence-electron chi connectivity index (χ2n) is 44.1. The summed E-state index contributed by atoms with van der Waals surface area (Å²) in [6, 6.07) is 56.1. The molecule has 5 unspecified atom stereocenters. The number of amides is 5. The highest BCUT2D eigenvalue weighted by Crippen LogP contribution is 2.54. The van der Waals surface area contributed by atoms with Crippen LogP contribution >= 0.6 is 0 Å². The molecule has 4 aromatic heterocycles. The predicted molar refractivity (Wildman–Crippen MR) is 577 cm³/mol. The Hall–Kier alpha value is -12.5. The molecule has 11 aliphatic rings. The van der Waals surface area contributed by atoms with E-state index >= 15 is 0 Å². The molecule has 3 saturated heterocycles. The summed E-state index contributed by atoms with van der Waals surface area (Å²) in [6.07, 6.45) is 34.6. The lowest BCUT2D eigenvalue weighted by Gasteiger charge is -2.33. The second kappa shape index (κ2) is 44.5. The van der Waals surface area contributed by atoms with E-state index in [9.17, 15) is 67.2 Å². The van der Waals surface area contributed by atoms with Crippen molar-refractivity contribution < 1.29 is 67.2 Å².